The molecule has 0 aromatic heterocycles. The van der Waals surface area contributed by atoms with Crippen LogP contribution in [-0.2, 0) is 0 Å². The van der Waals surface area contributed by atoms with Crippen LogP contribution in [0.1, 0.15) is 12.8 Å². The van der Waals surface area contributed by atoms with Gasteiger partial charge in [-0.1, -0.05) is 0 Å². The third-order valence-corrected chi connectivity index (χ3v) is 3.79. The summed E-state index contributed by atoms with van der Waals surface area (Å²) in [6.07, 6.45) is -34.4. The second kappa shape index (κ2) is 7.25. The molecule has 0 aliphatic heterocycles. The molecule has 0 rings (SSSR count). The molecule has 0 bridgehead atoms. The van der Waals surface area contributed by atoms with Crippen molar-refractivity contribution in [2.24, 2.45) is 5.92 Å². The highest BCUT2D eigenvalue weighted by Crippen LogP contribution is 2.58. The molecule has 0 aromatic carbocycles. The molecule has 0 spiro atoms. The number of rotatable bonds is 5. The summed E-state index contributed by atoms with van der Waals surface area (Å²) >= 11 is 0.394. The van der Waals surface area contributed by atoms with E-state index in [-0.39, 0.29) is 0 Å². The highest BCUT2D eigenvalue weighted by molar-refractivity contribution is 14.1. The lowest BCUT2D eigenvalue weighted by atomic mass is 9.77. The molecule has 158 valence electrons. The van der Waals surface area contributed by atoms with Crippen LogP contribution >= 0.6 is 22.6 Å². The van der Waals surface area contributed by atoms with Gasteiger partial charge in [0.2, 0.25) is 0 Å². The monoisotopic (exact) mass is 538 g/mol. The van der Waals surface area contributed by atoms with Gasteiger partial charge in [-0.2, -0.15) is 52.7 Å². The lowest BCUT2D eigenvalue weighted by Crippen LogP contribution is -2.62. The van der Waals surface area contributed by atoms with Crippen molar-refractivity contribution in [3.8, 4) is 0 Å². The van der Waals surface area contributed by atoms with Gasteiger partial charge in [0, 0.05) is 12.3 Å². The van der Waals surface area contributed by atoms with Crippen LogP contribution in [0.2, 0.25) is 0 Å². The minimum atomic E-state index is -7.10. The first-order chi connectivity index (χ1) is 11.0. The first kappa shape index (κ1) is 25.7. The number of hydrogen-bond acceptors (Lipinski definition) is 0. The first-order valence-corrected chi connectivity index (χ1v) is 7.19. The van der Waals surface area contributed by atoms with E-state index in [1.807, 2.05) is 0 Å². The number of alkyl halides is 16. The second-order valence-electron chi connectivity index (χ2n) is 5.03. The van der Waals surface area contributed by atoms with Gasteiger partial charge < -0.3 is 0 Å². The quantitative estimate of drug-likeness (QED) is 0.206. The molecule has 0 saturated heterocycles. The third-order valence-electron chi connectivity index (χ3n) is 3.28. The van der Waals surface area contributed by atoms with E-state index in [1.54, 1.807) is 0 Å². The van der Waals surface area contributed by atoms with E-state index in [4.69, 9.17) is 0 Å². The Hall–Kier alpha value is -0.320. The van der Waals surface area contributed by atoms with Crippen LogP contribution in [0.4, 0.5) is 65.9 Å². The van der Waals surface area contributed by atoms with Gasteiger partial charge in [-0.15, -0.1) is 0 Å². The Morgan fingerprint density at radius 1 is 0.577 bits per heavy atom. The molecule has 2 atom stereocenters. The van der Waals surface area contributed by atoms with Crippen LogP contribution in [0.5, 0.6) is 0 Å². The summed E-state index contributed by atoms with van der Waals surface area (Å²) in [6.45, 7) is 0. The maximum absolute atomic E-state index is 13.8. The van der Waals surface area contributed by atoms with Gasteiger partial charge in [-0.25, -0.2) is 13.2 Å². The van der Waals surface area contributed by atoms with Crippen molar-refractivity contribution in [1.29, 1.82) is 0 Å². The summed E-state index contributed by atoms with van der Waals surface area (Å²) in [6, 6.07) is 0. The van der Waals surface area contributed by atoms with E-state index >= 15 is 0 Å². The predicted molar refractivity (Wildman–Crippen MR) is 63.5 cm³/mol. The molecule has 0 aromatic rings. The molecule has 16 heteroatoms. The highest BCUT2D eigenvalue weighted by Gasteiger charge is 2.80. The Morgan fingerprint density at radius 3 is 1.08 bits per heavy atom. The van der Waals surface area contributed by atoms with Crippen molar-refractivity contribution in [3.63, 3.8) is 0 Å². The fourth-order valence-electron chi connectivity index (χ4n) is 1.96. The average Bonchev–Trinajstić information content (AvgIpc) is 2.30. The van der Waals surface area contributed by atoms with Gasteiger partial charge in [0.05, 0.1) is 0 Å². The summed E-state index contributed by atoms with van der Waals surface area (Å²) in [5.41, 5.74) is -13.4. The van der Waals surface area contributed by atoms with E-state index in [0.717, 1.165) is 0 Å². The van der Waals surface area contributed by atoms with Gasteiger partial charge in [0.1, 0.15) is 0 Å². The second-order valence-corrected chi connectivity index (χ2v) is 6.38. The molecule has 0 amide bonds. The number of hydrogen-bond donors (Lipinski definition) is 0. The molecular formula is C10H6F15I. The minimum absolute atomic E-state index is 0.394. The molecule has 0 fully saturated rings. The Bertz CT molecular complexity index is 439. The van der Waals surface area contributed by atoms with Crippen LogP contribution in [0.25, 0.3) is 0 Å². The van der Waals surface area contributed by atoms with Crippen LogP contribution in [0, 0.1) is 5.92 Å². The fourth-order valence-corrected chi connectivity index (χ4v) is 2.57. The molecule has 0 heterocycles. The maximum atomic E-state index is 13.8. The minimum Gasteiger partial charge on any atom is -0.236 e. The molecule has 0 N–H and O–H groups in total. The SMILES string of the molecule is FC(I)CC(CC(F)(C(F)(F)F)C(F)(F)F)C(F)(C(F)(F)F)C(F)(F)F. The van der Waals surface area contributed by atoms with Crippen molar-refractivity contribution in [1.82, 2.24) is 0 Å². The highest BCUT2D eigenvalue weighted by atomic mass is 127. The zero-order valence-corrected chi connectivity index (χ0v) is 13.8. The molecule has 0 aliphatic rings. The summed E-state index contributed by atoms with van der Waals surface area (Å²) in [5.74, 6) is -4.41. The Morgan fingerprint density at radius 2 is 0.885 bits per heavy atom. The van der Waals surface area contributed by atoms with Gasteiger partial charge in [0.15, 0.2) is 4.18 Å². The zero-order chi connectivity index (χ0) is 21.6. The Balaban J connectivity index is 6.52. The molecule has 2 unspecified atom stereocenters. The third kappa shape index (κ3) is 4.74. The molecule has 0 radical (unpaired) electrons. The van der Waals surface area contributed by atoms with Gasteiger partial charge in [-0.3, -0.25) is 0 Å². The topological polar surface area (TPSA) is 0 Å². The molecule has 0 saturated carbocycles. The smallest absolute Gasteiger partial charge is 0.236 e. The predicted octanol–water partition coefficient (Wildman–Crippen LogP) is 6.78. The van der Waals surface area contributed by atoms with E-state index in [9.17, 15) is 65.9 Å². The van der Waals surface area contributed by atoms with E-state index < -0.39 is 59.0 Å². The van der Waals surface area contributed by atoms with Gasteiger partial charge >= 0.3 is 30.4 Å². The van der Waals surface area contributed by atoms with Crippen molar-refractivity contribution in [2.45, 2.75) is 53.1 Å². The van der Waals surface area contributed by atoms with E-state index in [1.165, 1.54) is 0 Å². The molecule has 26 heavy (non-hydrogen) atoms. The Kier molecular flexibility index (Phi) is 7.16. The van der Waals surface area contributed by atoms with E-state index in [2.05, 4.69) is 0 Å². The fraction of sp³-hybridized carbons (Fsp3) is 1.00. The van der Waals surface area contributed by atoms with Gasteiger partial charge in [-0.05, 0) is 29.0 Å². The van der Waals surface area contributed by atoms with Crippen molar-refractivity contribution >= 4 is 22.6 Å². The average molecular weight is 538 g/mol. The van der Waals surface area contributed by atoms with Crippen LogP contribution in [-0.4, -0.2) is 40.2 Å². The van der Waals surface area contributed by atoms with Crippen molar-refractivity contribution < 1.29 is 65.9 Å². The largest absolute Gasteiger partial charge is 0.431 e. The van der Waals surface area contributed by atoms with Crippen molar-refractivity contribution in [3.05, 3.63) is 0 Å². The summed E-state index contributed by atoms with van der Waals surface area (Å²) < 4.78 is 187. The summed E-state index contributed by atoms with van der Waals surface area (Å²) in [7, 11) is 0. The van der Waals surface area contributed by atoms with Crippen LogP contribution in [0.15, 0.2) is 0 Å². The molecule has 0 aliphatic carbocycles. The van der Waals surface area contributed by atoms with E-state index in [0.29, 0.717) is 22.6 Å². The molecule has 0 nitrogen and oxygen atoms in total. The normalized spacial score (nSPS) is 18.0. The first-order valence-electron chi connectivity index (χ1n) is 5.95. The number of halogens is 16. The Labute approximate surface area is 148 Å². The molecular weight excluding hydrogens is 532 g/mol. The maximum Gasteiger partial charge on any atom is 0.431 e. The standard InChI is InChI=1S/C10H6F15I/c11-4(26)1-3(6(13,9(20,21)22)10(23,24)25)2-5(12,7(14,15)16)8(17,18)19/h3-4H,1-2H2. The van der Waals surface area contributed by atoms with Crippen LogP contribution < -0.4 is 0 Å². The lowest BCUT2D eigenvalue weighted by molar-refractivity contribution is -0.380. The zero-order valence-electron chi connectivity index (χ0n) is 11.6. The van der Waals surface area contributed by atoms with Crippen molar-refractivity contribution in [2.75, 3.05) is 0 Å². The van der Waals surface area contributed by atoms with Crippen LogP contribution in [0.3, 0.4) is 0 Å². The summed E-state index contributed by atoms with van der Waals surface area (Å²) in [5, 5.41) is 0. The van der Waals surface area contributed by atoms with Gasteiger partial charge in [0.25, 0.3) is 5.67 Å². The lowest BCUT2D eigenvalue weighted by Gasteiger charge is -2.40. The summed E-state index contributed by atoms with van der Waals surface area (Å²) in [4.78, 5) is 0.